The van der Waals surface area contributed by atoms with Crippen LogP contribution in [0.1, 0.15) is 32.0 Å². The summed E-state index contributed by atoms with van der Waals surface area (Å²) < 4.78 is 51.9. The summed E-state index contributed by atoms with van der Waals surface area (Å²) in [5.74, 6) is 0.286. The van der Waals surface area contributed by atoms with Gasteiger partial charge in [-0.25, -0.2) is 13.1 Å². The van der Waals surface area contributed by atoms with Crippen molar-refractivity contribution in [3.8, 4) is 0 Å². The molecule has 1 atom stereocenters. The number of nitrogens with zero attached hydrogens (tertiary/aromatic N) is 3. The molecule has 2 rings (SSSR count). The summed E-state index contributed by atoms with van der Waals surface area (Å²) in [4.78, 5) is -0.123. The van der Waals surface area contributed by atoms with Gasteiger partial charge in [0.2, 0.25) is 10.0 Å². The summed E-state index contributed by atoms with van der Waals surface area (Å²) >= 11 is 0. The molecule has 0 aromatic carbocycles. The number of aromatic nitrogens is 2. The van der Waals surface area contributed by atoms with Crippen molar-refractivity contribution in [2.75, 3.05) is 13.1 Å². The van der Waals surface area contributed by atoms with Crippen LogP contribution in [0.2, 0.25) is 0 Å². The van der Waals surface area contributed by atoms with Gasteiger partial charge >= 0.3 is 6.55 Å². The molecule has 0 spiro atoms. The first-order valence-electron chi connectivity index (χ1n) is 6.16. The van der Waals surface area contributed by atoms with Gasteiger partial charge in [-0.2, -0.15) is 18.2 Å². The fourth-order valence-electron chi connectivity index (χ4n) is 2.36. The van der Waals surface area contributed by atoms with E-state index in [-0.39, 0.29) is 16.5 Å². The van der Waals surface area contributed by atoms with Gasteiger partial charge in [-0.05, 0) is 25.7 Å². The third kappa shape index (κ3) is 2.64. The zero-order valence-corrected chi connectivity index (χ0v) is 11.7. The highest BCUT2D eigenvalue weighted by Gasteiger charge is 2.32. The Morgan fingerprint density at radius 2 is 2.16 bits per heavy atom. The minimum Gasteiger partial charge on any atom is -0.207 e. The molecule has 0 N–H and O–H groups in total. The lowest BCUT2D eigenvalue weighted by molar-refractivity contribution is 0.0541. The van der Waals surface area contributed by atoms with Crippen LogP contribution in [0.4, 0.5) is 8.78 Å². The fourth-order valence-corrected chi connectivity index (χ4v) is 4.11. The average Bonchev–Trinajstić information content (AvgIpc) is 2.71. The van der Waals surface area contributed by atoms with Crippen molar-refractivity contribution in [2.45, 2.75) is 38.1 Å². The van der Waals surface area contributed by atoms with E-state index < -0.39 is 16.6 Å². The normalized spacial score (nSPS) is 22.1. The molecule has 1 aromatic rings. The van der Waals surface area contributed by atoms with E-state index in [1.54, 1.807) is 0 Å². The second-order valence-electron chi connectivity index (χ2n) is 4.93. The van der Waals surface area contributed by atoms with Gasteiger partial charge in [0.1, 0.15) is 4.90 Å². The Hall–Kier alpha value is -1.02. The monoisotopic (exact) mass is 293 g/mol. The molecule has 108 valence electrons. The van der Waals surface area contributed by atoms with E-state index in [9.17, 15) is 17.2 Å². The van der Waals surface area contributed by atoms with Crippen LogP contribution in [0, 0.1) is 12.8 Å². The lowest BCUT2D eigenvalue weighted by Crippen LogP contribution is -2.39. The molecule has 1 aliphatic heterocycles. The summed E-state index contributed by atoms with van der Waals surface area (Å²) in [7, 11) is -3.72. The summed E-state index contributed by atoms with van der Waals surface area (Å²) in [5.41, 5.74) is -0.0202. The van der Waals surface area contributed by atoms with Gasteiger partial charge in [0, 0.05) is 13.1 Å². The van der Waals surface area contributed by atoms with Crippen molar-refractivity contribution in [2.24, 2.45) is 5.92 Å². The molecule has 1 aliphatic rings. The predicted molar refractivity (Wildman–Crippen MR) is 65.4 cm³/mol. The highest BCUT2D eigenvalue weighted by atomic mass is 32.2. The molecule has 1 fully saturated rings. The van der Waals surface area contributed by atoms with Crippen LogP contribution in [-0.2, 0) is 10.0 Å². The van der Waals surface area contributed by atoms with Gasteiger partial charge in [0.15, 0.2) is 0 Å². The molecule has 1 aromatic heterocycles. The number of rotatable bonds is 3. The molecule has 5 nitrogen and oxygen atoms in total. The number of hydrogen-bond donors (Lipinski definition) is 0. The smallest absolute Gasteiger partial charge is 0.207 e. The third-order valence-corrected chi connectivity index (χ3v) is 5.39. The summed E-state index contributed by atoms with van der Waals surface area (Å²) in [6.07, 6.45) is 2.79. The maximum absolute atomic E-state index is 12.6. The topological polar surface area (TPSA) is 55.2 Å². The van der Waals surface area contributed by atoms with E-state index in [0.717, 1.165) is 19.0 Å². The van der Waals surface area contributed by atoms with Crippen LogP contribution in [0.5, 0.6) is 0 Å². The van der Waals surface area contributed by atoms with Crippen LogP contribution < -0.4 is 0 Å². The Labute approximate surface area is 111 Å². The van der Waals surface area contributed by atoms with Gasteiger partial charge in [-0.3, -0.25) is 0 Å². The number of halogens is 2. The Balaban J connectivity index is 2.34. The van der Waals surface area contributed by atoms with Crippen LogP contribution in [0.15, 0.2) is 11.1 Å². The van der Waals surface area contributed by atoms with Crippen molar-refractivity contribution < 1.29 is 17.2 Å². The van der Waals surface area contributed by atoms with Gasteiger partial charge < -0.3 is 0 Å². The zero-order valence-electron chi connectivity index (χ0n) is 10.9. The van der Waals surface area contributed by atoms with Gasteiger partial charge in [0.05, 0.1) is 11.9 Å². The van der Waals surface area contributed by atoms with Crippen LogP contribution in [0.25, 0.3) is 0 Å². The van der Waals surface area contributed by atoms with E-state index in [0.29, 0.717) is 17.8 Å². The predicted octanol–water partition coefficient (Wildman–Crippen LogP) is 2.01. The van der Waals surface area contributed by atoms with Crippen molar-refractivity contribution in [3.63, 3.8) is 0 Å². The van der Waals surface area contributed by atoms with E-state index in [2.05, 4.69) is 5.10 Å². The molecule has 0 saturated carbocycles. The lowest BCUT2D eigenvalue weighted by atomic mass is 10.0. The van der Waals surface area contributed by atoms with Crippen LogP contribution in [0.3, 0.4) is 0 Å². The first kappa shape index (κ1) is 14.4. The Morgan fingerprint density at radius 1 is 1.47 bits per heavy atom. The lowest BCUT2D eigenvalue weighted by Gasteiger charge is -2.29. The molecule has 0 amide bonds. The summed E-state index contributed by atoms with van der Waals surface area (Å²) in [5, 5.41) is 3.46. The van der Waals surface area contributed by atoms with E-state index in [1.807, 2.05) is 6.92 Å². The molecular formula is C11H17F2N3O2S. The molecule has 8 heteroatoms. The van der Waals surface area contributed by atoms with Crippen molar-refractivity contribution in [3.05, 3.63) is 11.9 Å². The molecule has 0 radical (unpaired) electrons. The van der Waals surface area contributed by atoms with E-state index in [1.165, 1.54) is 11.2 Å². The number of piperidine rings is 1. The first-order chi connectivity index (χ1) is 8.84. The second-order valence-corrected chi connectivity index (χ2v) is 6.83. The number of hydrogen-bond acceptors (Lipinski definition) is 3. The maximum Gasteiger partial charge on any atom is 0.333 e. The average molecular weight is 293 g/mol. The fraction of sp³-hybridized carbons (Fsp3) is 0.727. The first-order valence-corrected chi connectivity index (χ1v) is 7.60. The second kappa shape index (κ2) is 5.16. The summed E-state index contributed by atoms with van der Waals surface area (Å²) in [6, 6.07) is 0. The molecule has 0 bridgehead atoms. The molecule has 1 saturated heterocycles. The van der Waals surface area contributed by atoms with Crippen molar-refractivity contribution in [1.82, 2.24) is 14.1 Å². The Kier molecular flexibility index (Phi) is 3.91. The van der Waals surface area contributed by atoms with Gasteiger partial charge in [0.25, 0.3) is 0 Å². The van der Waals surface area contributed by atoms with Crippen molar-refractivity contribution >= 4 is 10.0 Å². The minimum absolute atomic E-state index is 0.0202. The largest absolute Gasteiger partial charge is 0.333 e. The summed E-state index contributed by atoms with van der Waals surface area (Å²) in [6.45, 7) is 1.37. The number of sulfonamides is 1. The molecule has 19 heavy (non-hydrogen) atoms. The van der Waals surface area contributed by atoms with Crippen molar-refractivity contribution in [1.29, 1.82) is 0 Å². The van der Waals surface area contributed by atoms with Crippen LogP contribution in [-0.4, -0.2) is 35.6 Å². The van der Waals surface area contributed by atoms with Gasteiger partial charge in [-0.15, -0.1) is 0 Å². The standard InChI is InChI=1S/C11H17F2N3O2S/c1-8-4-3-5-15(7-8)19(17,18)10-6-14-16(9(10)2)11(12)13/h6,8,11H,3-5,7H2,1-2H3/t8-/m0/s1. The highest BCUT2D eigenvalue weighted by Crippen LogP contribution is 2.26. The SMILES string of the molecule is Cc1c(S(=O)(=O)N2CCC[C@H](C)C2)cnn1C(F)F. The quantitative estimate of drug-likeness (QED) is 0.856. The molecular weight excluding hydrogens is 276 g/mol. The number of alkyl halides is 2. The minimum atomic E-state index is -3.72. The Morgan fingerprint density at radius 3 is 2.68 bits per heavy atom. The third-order valence-electron chi connectivity index (χ3n) is 3.42. The molecule has 0 aliphatic carbocycles. The molecule has 2 heterocycles. The highest BCUT2D eigenvalue weighted by molar-refractivity contribution is 7.89. The Bertz CT molecular complexity index is 556. The van der Waals surface area contributed by atoms with E-state index in [4.69, 9.17) is 0 Å². The van der Waals surface area contributed by atoms with Gasteiger partial charge in [-0.1, -0.05) is 6.92 Å². The zero-order chi connectivity index (χ0) is 14.2. The van der Waals surface area contributed by atoms with E-state index >= 15 is 0 Å². The van der Waals surface area contributed by atoms with Crippen LogP contribution >= 0.6 is 0 Å². The maximum atomic E-state index is 12.6. The molecule has 0 unspecified atom stereocenters.